The van der Waals surface area contributed by atoms with E-state index >= 15 is 4.39 Å². The van der Waals surface area contributed by atoms with Crippen molar-refractivity contribution in [1.82, 2.24) is 4.90 Å². The van der Waals surface area contributed by atoms with E-state index < -0.39 is 53.2 Å². The van der Waals surface area contributed by atoms with Crippen LogP contribution in [0.5, 0.6) is 0 Å². The second-order valence-corrected chi connectivity index (χ2v) is 21.7. The zero-order valence-corrected chi connectivity index (χ0v) is 23.8. The molecular weight excluding hydrogens is 467 g/mol. The maximum atomic E-state index is 16.0. The SMILES string of the molecule is CC(C)(C)[Si](C)(C)OC[C@@]1(CF)O[C@@H](N2C=C(F)C(N)=NC2)[C@@H](F)[C@@H]1O[Si](C)(C)C(C)(C)C. The lowest BCUT2D eigenvalue weighted by Crippen LogP contribution is -2.57. The van der Waals surface area contributed by atoms with Crippen molar-refractivity contribution in [2.75, 3.05) is 20.0 Å². The first-order valence-corrected chi connectivity index (χ1v) is 17.2. The molecule has 2 aliphatic rings. The van der Waals surface area contributed by atoms with Gasteiger partial charge in [-0.2, -0.15) is 0 Å². The Morgan fingerprint density at radius 3 is 2.15 bits per heavy atom. The van der Waals surface area contributed by atoms with E-state index in [4.69, 9.17) is 19.3 Å². The molecule has 0 aliphatic carbocycles. The minimum atomic E-state index is -2.52. The van der Waals surface area contributed by atoms with Crippen molar-refractivity contribution in [2.24, 2.45) is 10.7 Å². The van der Waals surface area contributed by atoms with Gasteiger partial charge in [0.25, 0.3) is 0 Å². The number of alkyl halides is 2. The Balaban J connectivity index is 2.44. The van der Waals surface area contributed by atoms with Crippen molar-refractivity contribution in [3.63, 3.8) is 0 Å². The molecule has 2 N–H and O–H groups in total. The number of halogens is 3. The van der Waals surface area contributed by atoms with Gasteiger partial charge in [0, 0.05) is 6.20 Å². The molecule has 4 atom stereocenters. The van der Waals surface area contributed by atoms with Gasteiger partial charge in [0.2, 0.25) is 0 Å². The van der Waals surface area contributed by atoms with Gasteiger partial charge in [0.15, 0.2) is 40.7 Å². The molecule has 192 valence electrons. The van der Waals surface area contributed by atoms with Crippen LogP contribution in [0.3, 0.4) is 0 Å². The van der Waals surface area contributed by atoms with E-state index in [-0.39, 0.29) is 29.2 Å². The number of aliphatic imine (C=N–C) groups is 1. The summed E-state index contributed by atoms with van der Waals surface area (Å²) in [5.74, 6) is -1.04. The normalized spacial score (nSPS) is 29.8. The average molecular weight is 510 g/mol. The van der Waals surface area contributed by atoms with Gasteiger partial charge < -0.3 is 24.2 Å². The quantitative estimate of drug-likeness (QED) is 0.475. The van der Waals surface area contributed by atoms with E-state index in [9.17, 15) is 8.78 Å². The molecule has 0 amide bonds. The van der Waals surface area contributed by atoms with E-state index in [1.54, 1.807) is 0 Å². The molecule has 2 heterocycles. The van der Waals surface area contributed by atoms with Gasteiger partial charge in [0.1, 0.15) is 25.0 Å². The third kappa shape index (κ3) is 5.68. The molecule has 0 radical (unpaired) electrons. The summed E-state index contributed by atoms with van der Waals surface area (Å²) in [6, 6.07) is 0. The summed E-state index contributed by atoms with van der Waals surface area (Å²) in [6.45, 7) is 19.1. The van der Waals surface area contributed by atoms with Crippen LogP contribution >= 0.6 is 0 Å². The molecule has 11 heteroatoms. The molecule has 1 fully saturated rings. The lowest BCUT2D eigenvalue weighted by atomic mass is 9.98. The first-order chi connectivity index (χ1) is 14.8. The Morgan fingerprint density at radius 2 is 1.70 bits per heavy atom. The van der Waals surface area contributed by atoms with Gasteiger partial charge in [-0.15, -0.1) is 0 Å². The predicted octanol–water partition coefficient (Wildman–Crippen LogP) is 5.24. The molecule has 0 spiro atoms. The van der Waals surface area contributed by atoms with E-state index in [1.807, 2.05) is 47.0 Å². The molecule has 0 bridgehead atoms. The number of nitrogens with zero attached hydrogens (tertiary/aromatic N) is 2. The molecule has 33 heavy (non-hydrogen) atoms. The van der Waals surface area contributed by atoms with Crippen molar-refractivity contribution in [3.8, 4) is 0 Å². The van der Waals surface area contributed by atoms with Crippen LogP contribution in [-0.4, -0.2) is 71.4 Å². The van der Waals surface area contributed by atoms with Crippen LogP contribution in [0.15, 0.2) is 17.0 Å². The summed E-state index contributed by atoms with van der Waals surface area (Å²) >= 11 is 0. The molecule has 0 aromatic carbocycles. The van der Waals surface area contributed by atoms with Crippen molar-refractivity contribution in [1.29, 1.82) is 0 Å². The standard InChI is InChI=1S/C22H42F3N3O3Si2/c1-20(2,3)32(7,8)29-13-22(12-23)17(31-33(9,10)21(4,5)6)16(25)19(30-22)28-11-15(24)18(26)27-14-28/h11,16-17,19H,12-14H2,1-10H3,(H2,26,27)/t16-,17-,19+,22+/m0/s1. The maximum absolute atomic E-state index is 16.0. The highest BCUT2D eigenvalue weighted by atomic mass is 28.4. The van der Waals surface area contributed by atoms with E-state index in [0.29, 0.717) is 0 Å². The average Bonchev–Trinajstić information content (AvgIpc) is 2.93. The zero-order valence-electron chi connectivity index (χ0n) is 21.8. The first kappa shape index (κ1) is 28.4. The topological polar surface area (TPSA) is 69.3 Å². The molecule has 0 aromatic rings. The summed E-state index contributed by atoms with van der Waals surface area (Å²) in [5.41, 5.74) is 3.84. The molecule has 1 saturated heterocycles. The Morgan fingerprint density at radius 1 is 1.15 bits per heavy atom. The predicted molar refractivity (Wildman–Crippen MR) is 131 cm³/mol. The molecule has 0 saturated carbocycles. The minimum Gasteiger partial charge on any atom is -0.414 e. The maximum Gasteiger partial charge on any atom is 0.192 e. The van der Waals surface area contributed by atoms with Gasteiger partial charge in [-0.05, 0) is 36.3 Å². The van der Waals surface area contributed by atoms with Gasteiger partial charge >= 0.3 is 0 Å². The second-order valence-electron chi connectivity index (χ2n) is 12.2. The Bertz CT molecular complexity index is 781. The van der Waals surface area contributed by atoms with E-state index in [2.05, 4.69) is 25.8 Å². The minimum absolute atomic E-state index is 0.0946. The Kier molecular flexibility index (Phi) is 7.98. The molecule has 0 aromatic heterocycles. The number of nitrogens with two attached hydrogens (primary N) is 1. The highest BCUT2D eigenvalue weighted by Gasteiger charge is 2.61. The second kappa shape index (κ2) is 9.29. The summed E-state index contributed by atoms with van der Waals surface area (Å²) in [6.07, 6.45) is -3.16. The van der Waals surface area contributed by atoms with Crippen molar-refractivity contribution < 1.29 is 26.8 Å². The molecule has 0 unspecified atom stereocenters. The Labute approximate surface area is 199 Å². The molecule has 2 rings (SSSR count). The lowest BCUT2D eigenvalue weighted by Gasteiger charge is -2.44. The van der Waals surface area contributed by atoms with Gasteiger partial charge in [0.05, 0.1) is 6.61 Å². The van der Waals surface area contributed by atoms with E-state index in [1.165, 1.54) is 4.90 Å². The van der Waals surface area contributed by atoms with Gasteiger partial charge in [-0.1, -0.05) is 41.5 Å². The highest BCUT2D eigenvalue weighted by molar-refractivity contribution is 6.74. The van der Waals surface area contributed by atoms with Crippen LogP contribution < -0.4 is 5.73 Å². The fraction of sp³-hybridized carbons (Fsp3) is 0.864. The van der Waals surface area contributed by atoms with Gasteiger partial charge in [-0.25, -0.2) is 18.2 Å². The Hall–Kier alpha value is -0.886. The van der Waals surface area contributed by atoms with Crippen LogP contribution in [0.2, 0.25) is 36.3 Å². The number of ether oxygens (including phenoxy) is 1. The summed E-state index contributed by atoms with van der Waals surface area (Å²) in [4.78, 5) is 5.15. The highest BCUT2D eigenvalue weighted by Crippen LogP contribution is 2.46. The van der Waals surface area contributed by atoms with Crippen LogP contribution in [0.4, 0.5) is 13.2 Å². The summed E-state index contributed by atoms with van der Waals surface area (Å²) < 4.78 is 63.7. The van der Waals surface area contributed by atoms with Crippen LogP contribution in [-0.2, 0) is 13.6 Å². The number of amidine groups is 1. The number of rotatable bonds is 7. The fourth-order valence-electron chi connectivity index (χ4n) is 3.15. The van der Waals surface area contributed by atoms with Crippen molar-refractivity contribution in [2.45, 2.75) is 102 Å². The van der Waals surface area contributed by atoms with Gasteiger partial charge in [-0.3, -0.25) is 0 Å². The van der Waals surface area contributed by atoms with Crippen LogP contribution in [0.25, 0.3) is 0 Å². The van der Waals surface area contributed by atoms with Crippen LogP contribution in [0, 0.1) is 0 Å². The fourth-order valence-corrected chi connectivity index (χ4v) is 5.52. The molecule has 2 aliphatic heterocycles. The molecule has 6 nitrogen and oxygen atoms in total. The first-order valence-electron chi connectivity index (χ1n) is 11.4. The van der Waals surface area contributed by atoms with Crippen molar-refractivity contribution >= 4 is 22.5 Å². The smallest absolute Gasteiger partial charge is 0.192 e. The van der Waals surface area contributed by atoms with Crippen molar-refractivity contribution in [3.05, 3.63) is 12.0 Å². The number of hydrogen-bond donors (Lipinski definition) is 1. The molecular formula is C22H42F3N3O3Si2. The summed E-state index contributed by atoms with van der Waals surface area (Å²) in [7, 11) is -4.82. The zero-order chi connectivity index (χ0) is 25.6. The monoisotopic (exact) mass is 509 g/mol. The third-order valence-electron chi connectivity index (χ3n) is 7.63. The largest absolute Gasteiger partial charge is 0.414 e. The lowest BCUT2D eigenvalue weighted by molar-refractivity contribution is -0.143. The summed E-state index contributed by atoms with van der Waals surface area (Å²) in [5, 5.41) is -0.360. The third-order valence-corrected chi connectivity index (χ3v) is 16.6. The number of hydrogen-bond acceptors (Lipinski definition) is 6. The van der Waals surface area contributed by atoms with Crippen LogP contribution in [0.1, 0.15) is 41.5 Å². The van der Waals surface area contributed by atoms with E-state index in [0.717, 1.165) is 6.20 Å².